The van der Waals surface area contributed by atoms with Crippen LogP contribution in [0.3, 0.4) is 0 Å². The van der Waals surface area contributed by atoms with Crippen molar-refractivity contribution in [2.75, 3.05) is 13.2 Å². The normalized spacial score (nSPS) is 12.3. The molecule has 0 spiro atoms. The highest BCUT2D eigenvalue weighted by molar-refractivity contribution is 5.78. The molecule has 0 aliphatic heterocycles. The standard InChI is InChI=1S/C27H46O10/c1-4-6-8-10-12-14-24(30)34-19-22(37-26(32)15-13-11-9-7-5-2)20-35-25(31)16-17-27(33)36-21(3)18-23(28)29/h21-22H,4-20H2,1-3H3,(H,28,29)/t21-,22?/m1/s1. The van der Waals surface area contributed by atoms with Crippen molar-refractivity contribution in [1.29, 1.82) is 0 Å². The van der Waals surface area contributed by atoms with E-state index >= 15 is 0 Å². The van der Waals surface area contributed by atoms with Crippen LogP contribution in [0.25, 0.3) is 0 Å². The Kier molecular flexibility index (Phi) is 20.9. The highest BCUT2D eigenvalue weighted by Crippen LogP contribution is 2.10. The predicted molar refractivity (Wildman–Crippen MR) is 136 cm³/mol. The van der Waals surface area contributed by atoms with Gasteiger partial charge >= 0.3 is 29.8 Å². The summed E-state index contributed by atoms with van der Waals surface area (Å²) in [5.74, 6) is -3.39. The Morgan fingerprint density at radius 2 is 1.03 bits per heavy atom. The first-order chi connectivity index (χ1) is 17.7. The summed E-state index contributed by atoms with van der Waals surface area (Å²) >= 11 is 0. The number of ether oxygens (including phenoxy) is 4. The van der Waals surface area contributed by atoms with Crippen LogP contribution in [0.4, 0.5) is 0 Å². The van der Waals surface area contributed by atoms with Gasteiger partial charge in [-0.3, -0.25) is 24.0 Å². The molecule has 1 unspecified atom stereocenters. The summed E-state index contributed by atoms with van der Waals surface area (Å²) in [4.78, 5) is 58.7. The molecule has 10 nitrogen and oxygen atoms in total. The monoisotopic (exact) mass is 530 g/mol. The minimum absolute atomic E-state index is 0.222. The van der Waals surface area contributed by atoms with Crippen molar-refractivity contribution >= 4 is 29.8 Å². The molecule has 0 saturated carbocycles. The zero-order valence-corrected chi connectivity index (χ0v) is 22.8. The first-order valence-corrected chi connectivity index (χ1v) is 13.6. The van der Waals surface area contributed by atoms with Gasteiger partial charge in [-0.05, 0) is 19.8 Å². The smallest absolute Gasteiger partial charge is 0.307 e. The molecule has 0 saturated heterocycles. The molecule has 214 valence electrons. The van der Waals surface area contributed by atoms with Gasteiger partial charge in [0, 0.05) is 12.8 Å². The van der Waals surface area contributed by atoms with Gasteiger partial charge < -0.3 is 24.1 Å². The largest absolute Gasteiger partial charge is 0.481 e. The van der Waals surface area contributed by atoms with E-state index in [1.807, 2.05) is 0 Å². The highest BCUT2D eigenvalue weighted by atomic mass is 16.6. The van der Waals surface area contributed by atoms with Crippen LogP contribution in [0.2, 0.25) is 0 Å². The lowest BCUT2D eigenvalue weighted by atomic mass is 10.1. The molecular weight excluding hydrogens is 484 g/mol. The summed E-state index contributed by atoms with van der Waals surface area (Å²) in [5.41, 5.74) is 0. The number of carboxylic acid groups (broad SMARTS) is 1. The number of esters is 4. The van der Waals surface area contributed by atoms with Gasteiger partial charge in [-0.25, -0.2) is 0 Å². The van der Waals surface area contributed by atoms with E-state index in [0.29, 0.717) is 6.42 Å². The second-order valence-corrected chi connectivity index (χ2v) is 9.20. The number of carboxylic acids is 1. The van der Waals surface area contributed by atoms with Gasteiger partial charge in [0.1, 0.15) is 19.3 Å². The Labute approximate surface area is 220 Å². The fourth-order valence-corrected chi connectivity index (χ4v) is 3.40. The van der Waals surface area contributed by atoms with Gasteiger partial charge in [-0.1, -0.05) is 65.2 Å². The van der Waals surface area contributed by atoms with Gasteiger partial charge in [-0.15, -0.1) is 0 Å². The van der Waals surface area contributed by atoms with E-state index < -0.39 is 42.1 Å². The maximum atomic E-state index is 12.2. The number of aliphatic carboxylic acids is 1. The van der Waals surface area contributed by atoms with E-state index in [0.717, 1.165) is 57.8 Å². The van der Waals surface area contributed by atoms with E-state index in [-0.39, 0.29) is 45.3 Å². The van der Waals surface area contributed by atoms with Gasteiger partial charge in [0.05, 0.1) is 19.3 Å². The molecule has 0 aliphatic carbocycles. The third-order valence-electron chi connectivity index (χ3n) is 5.46. The van der Waals surface area contributed by atoms with Crippen LogP contribution in [0.5, 0.6) is 0 Å². The van der Waals surface area contributed by atoms with Crippen LogP contribution in [-0.4, -0.2) is 60.4 Å². The molecule has 0 bridgehead atoms. The quantitative estimate of drug-likeness (QED) is 0.110. The minimum Gasteiger partial charge on any atom is -0.481 e. The molecule has 0 amide bonds. The zero-order chi connectivity index (χ0) is 27.9. The number of carbonyl (C=O) groups excluding carboxylic acids is 4. The van der Waals surface area contributed by atoms with Crippen LogP contribution in [-0.2, 0) is 42.9 Å². The van der Waals surface area contributed by atoms with Crippen LogP contribution in [0.15, 0.2) is 0 Å². The van der Waals surface area contributed by atoms with Crippen LogP contribution in [0, 0.1) is 0 Å². The molecular formula is C27H46O10. The number of hydrogen-bond donors (Lipinski definition) is 1. The van der Waals surface area contributed by atoms with Crippen molar-refractivity contribution in [1.82, 2.24) is 0 Å². The SMILES string of the molecule is CCCCCCCC(=O)OCC(COC(=O)CCC(=O)O[C@H](C)CC(=O)O)OC(=O)CCCCCCC. The fraction of sp³-hybridized carbons (Fsp3) is 0.815. The second-order valence-electron chi connectivity index (χ2n) is 9.20. The van der Waals surface area contributed by atoms with Gasteiger partial charge in [-0.2, -0.15) is 0 Å². The van der Waals surface area contributed by atoms with Gasteiger partial charge in [0.2, 0.25) is 0 Å². The lowest BCUT2D eigenvalue weighted by Gasteiger charge is -2.18. The maximum Gasteiger partial charge on any atom is 0.307 e. The molecule has 0 radical (unpaired) electrons. The lowest BCUT2D eigenvalue weighted by Crippen LogP contribution is -2.31. The minimum atomic E-state index is -1.10. The van der Waals surface area contributed by atoms with E-state index in [1.165, 1.54) is 6.92 Å². The number of unbranched alkanes of at least 4 members (excludes halogenated alkanes) is 8. The molecule has 0 aliphatic rings. The molecule has 0 aromatic carbocycles. The zero-order valence-electron chi connectivity index (χ0n) is 22.8. The summed E-state index contributed by atoms with van der Waals surface area (Å²) in [7, 11) is 0. The number of rotatable bonds is 23. The molecule has 10 heteroatoms. The van der Waals surface area contributed by atoms with Crippen molar-refractivity contribution in [3.63, 3.8) is 0 Å². The van der Waals surface area contributed by atoms with Crippen molar-refractivity contribution in [3.05, 3.63) is 0 Å². The molecule has 1 N–H and O–H groups in total. The summed E-state index contributed by atoms with van der Waals surface area (Å²) in [5, 5.41) is 8.70. The molecule has 0 fully saturated rings. The average Bonchev–Trinajstić information content (AvgIpc) is 2.83. The Hall–Kier alpha value is -2.65. The van der Waals surface area contributed by atoms with Crippen LogP contribution >= 0.6 is 0 Å². The maximum absolute atomic E-state index is 12.2. The first kappa shape index (κ1) is 34.4. The Morgan fingerprint density at radius 1 is 0.595 bits per heavy atom. The van der Waals surface area contributed by atoms with Gasteiger partial charge in [0.15, 0.2) is 6.10 Å². The van der Waals surface area contributed by atoms with E-state index in [1.54, 1.807) is 0 Å². The molecule has 0 aromatic heterocycles. The average molecular weight is 531 g/mol. The topological polar surface area (TPSA) is 142 Å². The molecule has 0 rings (SSSR count). The van der Waals surface area contributed by atoms with E-state index in [4.69, 9.17) is 24.1 Å². The molecule has 0 heterocycles. The molecule has 0 aromatic rings. The Balaban J connectivity index is 4.57. The Morgan fingerprint density at radius 3 is 1.54 bits per heavy atom. The second kappa shape index (κ2) is 22.5. The van der Waals surface area contributed by atoms with Crippen molar-refractivity contribution < 1.29 is 48.0 Å². The third kappa shape index (κ3) is 22.3. The van der Waals surface area contributed by atoms with Crippen LogP contribution in [0.1, 0.15) is 117 Å². The number of hydrogen-bond acceptors (Lipinski definition) is 9. The molecule has 37 heavy (non-hydrogen) atoms. The van der Waals surface area contributed by atoms with E-state index in [2.05, 4.69) is 13.8 Å². The van der Waals surface area contributed by atoms with E-state index in [9.17, 15) is 24.0 Å². The van der Waals surface area contributed by atoms with Crippen molar-refractivity contribution in [2.24, 2.45) is 0 Å². The van der Waals surface area contributed by atoms with Gasteiger partial charge in [0.25, 0.3) is 0 Å². The first-order valence-electron chi connectivity index (χ1n) is 13.6. The highest BCUT2D eigenvalue weighted by Gasteiger charge is 2.20. The van der Waals surface area contributed by atoms with Crippen molar-refractivity contribution in [3.8, 4) is 0 Å². The summed E-state index contributed by atoms with van der Waals surface area (Å²) < 4.78 is 20.7. The predicted octanol–water partition coefficient (Wildman–Crippen LogP) is 4.89. The van der Waals surface area contributed by atoms with Crippen molar-refractivity contribution in [2.45, 2.75) is 129 Å². The summed E-state index contributed by atoms with van der Waals surface area (Å²) in [6.45, 7) is 5.13. The third-order valence-corrected chi connectivity index (χ3v) is 5.46. The lowest BCUT2D eigenvalue weighted by molar-refractivity contribution is -0.167. The molecule has 2 atom stereocenters. The Bertz CT molecular complexity index is 676. The summed E-state index contributed by atoms with van der Waals surface area (Å²) in [6, 6.07) is 0. The fourth-order valence-electron chi connectivity index (χ4n) is 3.40. The summed E-state index contributed by atoms with van der Waals surface area (Å²) in [6.07, 6.45) is 7.63. The number of carbonyl (C=O) groups is 5. The van der Waals surface area contributed by atoms with Crippen LogP contribution < -0.4 is 0 Å².